The highest BCUT2D eigenvalue weighted by Crippen LogP contribution is 2.01. The van der Waals surface area contributed by atoms with Gasteiger partial charge < -0.3 is 9.88 Å². The number of hydrogen-bond donors (Lipinski definition) is 1. The number of imidazole rings is 1. The van der Waals surface area contributed by atoms with Crippen molar-refractivity contribution < 1.29 is 0 Å². The fourth-order valence-electron chi connectivity index (χ4n) is 1.20. The molecule has 1 aromatic heterocycles. The molecule has 0 saturated carbocycles. The van der Waals surface area contributed by atoms with Gasteiger partial charge in [0.2, 0.25) is 0 Å². The lowest BCUT2D eigenvalue weighted by molar-refractivity contribution is 0.541. The topological polar surface area (TPSA) is 29.9 Å². The van der Waals surface area contributed by atoms with Crippen LogP contribution >= 0.6 is 0 Å². The SMILES string of the molecule is Cc1ncc(CNCC(C)C)n1C. The molecule has 0 unspecified atom stereocenters. The third-order valence-corrected chi connectivity index (χ3v) is 2.18. The summed E-state index contributed by atoms with van der Waals surface area (Å²) in [5.74, 6) is 1.77. The van der Waals surface area contributed by atoms with E-state index in [0.29, 0.717) is 5.92 Å². The maximum absolute atomic E-state index is 4.24. The molecule has 13 heavy (non-hydrogen) atoms. The van der Waals surface area contributed by atoms with Crippen LogP contribution in [0.1, 0.15) is 25.4 Å². The second-order valence-electron chi connectivity index (χ2n) is 3.88. The van der Waals surface area contributed by atoms with Crippen molar-refractivity contribution >= 4 is 0 Å². The fraction of sp³-hybridized carbons (Fsp3) is 0.700. The molecule has 0 aliphatic rings. The van der Waals surface area contributed by atoms with E-state index < -0.39 is 0 Å². The smallest absolute Gasteiger partial charge is 0.105 e. The molecule has 0 aliphatic heterocycles. The number of nitrogens with zero attached hydrogens (tertiary/aromatic N) is 2. The zero-order valence-electron chi connectivity index (χ0n) is 8.96. The van der Waals surface area contributed by atoms with Gasteiger partial charge in [-0.2, -0.15) is 0 Å². The Morgan fingerprint density at radius 1 is 1.54 bits per heavy atom. The molecule has 74 valence electrons. The van der Waals surface area contributed by atoms with E-state index in [-0.39, 0.29) is 0 Å². The van der Waals surface area contributed by atoms with E-state index in [0.717, 1.165) is 18.9 Å². The molecule has 1 aromatic rings. The van der Waals surface area contributed by atoms with Crippen LogP contribution in [0.4, 0.5) is 0 Å². The summed E-state index contributed by atoms with van der Waals surface area (Å²) in [6, 6.07) is 0. The van der Waals surface area contributed by atoms with Gasteiger partial charge in [0.25, 0.3) is 0 Å². The van der Waals surface area contributed by atoms with Crippen LogP contribution in [-0.2, 0) is 13.6 Å². The molecule has 0 saturated heterocycles. The first kappa shape index (κ1) is 10.3. The van der Waals surface area contributed by atoms with Gasteiger partial charge >= 0.3 is 0 Å². The summed E-state index contributed by atoms with van der Waals surface area (Å²) in [5.41, 5.74) is 1.25. The summed E-state index contributed by atoms with van der Waals surface area (Å²) in [6.45, 7) is 8.41. The highest BCUT2D eigenvalue weighted by atomic mass is 15.1. The number of aryl methyl sites for hydroxylation is 1. The lowest BCUT2D eigenvalue weighted by Crippen LogP contribution is -2.20. The van der Waals surface area contributed by atoms with Gasteiger partial charge in [-0.25, -0.2) is 4.98 Å². The first-order valence-corrected chi connectivity index (χ1v) is 4.79. The normalized spacial score (nSPS) is 11.2. The lowest BCUT2D eigenvalue weighted by atomic mass is 10.2. The summed E-state index contributed by atoms with van der Waals surface area (Å²) in [6.07, 6.45) is 1.93. The highest BCUT2D eigenvalue weighted by molar-refractivity contribution is 5.02. The molecule has 0 spiro atoms. The average Bonchev–Trinajstić information content (AvgIpc) is 2.35. The van der Waals surface area contributed by atoms with Crippen LogP contribution in [0.15, 0.2) is 6.20 Å². The van der Waals surface area contributed by atoms with Crippen LogP contribution < -0.4 is 5.32 Å². The van der Waals surface area contributed by atoms with Crippen molar-refractivity contribution in [3.8, 4) is 0 Å². The lowest BCUT2D eigenvalue weighted by Gasteiger charge is -2.07. The molecular weight excluding hydrogens is 162 g/mol. The summed E-state index contributed by atoms with van der Waals surface area (Å²) in [5, 5.41) is 3.39. The standard InChI is InChI=1S/C10H19N3/c1-8(2)5-11-6-10-7-12-9(3)13(10)4/h7-8,11H,5-6H2,1-4H3. The number of hydrogen-bond acceptors (Lipinski definition) is 2. The van der Waals surface area contributed by atoms with Crippen LogP contribution in [0, 0.1) is 12.8 Å². The number of rotatable bonds is 4. The van der Waals surface area contributed by atoms with Crippen LogP contribution in [0.3, 0.4) is 0 Å². The predicted molar refractivity (Wildman–Crippen MR) is 54.5 cm³/mol. The minimum absolute atomic E-state index is 0.703. The molecule has 3 nitrogen and oxygen atoms in total. The van der Waals surface area contributed by atoms with Gasteiger partial charge in [0, 0.05) is 19.8 Å². The van der Waals surface area contributed by atoms with Crippen molar-refractivity contribution in [3.63, 3.8) is 0 Å². The largest absolute Gasteiger partial charge is 0.334 e. The van der Waals surface area contributed by atoms with Crippen LogP contribution in [-0.4, -0.2) is 16.1 Å². The quantitative estimate of drug-likeness (QED) is 0.762. The molecule has 0 amide bonds. The molecular formula is C10H19N3. The van der Waals surface area contributed by atoms with E-state index in [2.05, 4.69) is 35.8 Å². The molecule has 0 radical (unpaired) electrons. The van der Waals surface area contributed by atoms with Crippen molar-refractivity contribution in [2.24, 2.45) is 13.0 Å². The van der Waals surface area contributed by atoms with Crippen molar-refractivity contribution in [1.29, 1.82) is 0 Å². The van der Waals surface area contributed by atoms with E-state index in [4.69, 9.17) is 0 Å². The summed E-state index contributed by atoms with van der Waals surface area (Å²) in [4.78, 5) is 4.24. The second-order valence-corrected chi connectivity index (χ2v) is 3.88. The first-order chi connectivity index (χ1) is 6.11. The van der Waals surface area contributed by atoms with Gasteiger partial charge in [-0.1, -0.05) is 13.8 Å². The number of nitrogens with one attached hydrogen (secondary N) is 1. The van der Waals surface area contributed by atoms with Gasteiger partial charge in [0.05, 0.1) is 5.69 Å². The van der Waals surface area contributed by atoms with Crippen LogP contribution in [0.25, 0.3) is 0 Å². The maximum atomic E-state index is 4.24. The third kappa shape index (κ3) is 2.84. The van der Waals surface area contributed by atoms with Crippen molar-refractivity contribution in [2.45, 2.75) is 27.3 Å². The fourth-order valence-corrected chi connectivity index (χ4v) is 1.20. The van der Waals surface area contributed by atoms with Gasteiger partial charge in [0.15, 0.2) is 0 Å². The van der Waals surface area contributed by atoms with E-state index in [1.54, 1.807) is 0 Å². The first-order valence-electron chi connectivity index (χ1n) is 4.79. The van der Waals surface area contributed by atoms with Crippen molar-refractivity contribution in [1.82, 2.24) is 14.9 Å². The molecule has 0 fully saturated rings. The minimum Gasteiger partial charge on any atom is -0.334 e. The van der Waals surface area contributed by atoms with E-state index >= 15 is 0 Å². The van der Waals surface area contributed by atoms with Crippen molar-refractivity contribution in [3.05, 3.63) is 17.7 Å². The van der Waals surface area contributed by atoms with Crippen LogP contribution in [0.2, 0.25) is 0 Å². The molecule has 0 bridgehead atoms. The molecule has 1 heterocycles. The Labute approximate surface area is 80.2 Å². The van der Waals surface area contributed by atoms with Crippen molar-refractivity contribution in [2.75, 3.05) is 6.54 Å². The van der Waals surface area contributed by atoms with Gasteiger partial charge in [0.1, 0.15) is 5.82 Å². The highest BCUT2D eigenvalue weighted by Gasteiger charge is 2.01. The summed E-state index contributed by atoms with van der Waals surface area (Å²) < 4.78 is 2.12. The molecule has 0 atom stereocenters. The van der Waals surface area contributed by atoms with Crippen LogP contribution in [0.5, 0.6) is 0 Å². The van der Waals surface area contributed by atoms with E-state index in [1.807, 2.05) is 13.1 Å². The van der Waals surface area contributed by atoms with E-state index in [9.17, 15) is 0 Å². The molecule has 1 rings (SSSR count). The monoisotopic (exact) mass is 181 g/mol. The molecule has 3 heteroatoms. The summed E-state index contributed by atoms with van der Waals surface area (Å²) >= 11 is 0. The van der Waals surface area contributed by atoms with Gasteiger partial charge in [-0.15, -0.1) is 0 Å². The Morgan fingerprint density at radius 2 is 2.23 bits per heavy atom. The minimum atomic E-state index is 0.703. The Bertz CT molecular complexity index is 263. The average molecular weight is 181 g/mol. The second kappa shape index (κ2) is 4.42. The zero-order chi connectivity index (χ0) is 9.84. The van der Waals surface area contributed by atoms with Gasteiger partial charge in [-0.3, -0.25) is 0 Å². The Kier molecular flexibility index (Phi) is 3.48. The molecule has 1 N–H and O–H groups in total. The molecule has 0 aliphatic carbocycles. The third-order valence-electron chi connectivity index (χ3n) is 2.18. The van der Waals surface area contributed by atoms with E-state index in [1.165, 1.54) is 5.69 Å². The maximum Gasteiger partial charge on any atom is 0.105 e. The Morgan fingerprint density at radius 3 is 2.69 bits per heavy atom. The summed E-state index contributed by atoms with van der Waals surface area (Å²) in [7, 11) is 2.05. The van der Waals surface area contributed by atoms with Gasteiger partial charge in [-0.05, 0) is 19.4 Å². The Hall–Kier alpha value is -0.830. The zero-order valence-corrected chi connectivity index (χ0v) is 8.96. The predicted octanol–water partition coefficient (Wildman–Crippen LogP) is 1.47. The molecule has 0 aromatic carbocycles. The number of aromatic nitrogens is 2. The Balaban J connectivity index is 2.41.